The summed E-state index contributed by atoms with van der Waals surface area (Å²) in [5, 5.41) is 0.973. The topological polar surface area (TPSA) is 26.0 Å². The molecule has 0 aliphatic rings. The number of hydrogen-bond donors (Lipinski definition) is 1. The molecule has 15 heavy (non-hydrogen) atoms. The number of thioether (sulfide) groups is 1. The Kier molecular flexibility index (Phi) is 5.47. The zero-order chi connectivity index (χ0) is 11.4. The van der Waals surface area contributed by atoms with Crippen molar-refractivity contribution in [1.82, 2.24) is 0 Å². The molecule has 0 aliphatic carbocycles. The normalized spacial score (nSPS) is 15.6. The van der Waals surface area contributed by atoms with E-state index in [1.165, 1.54) is 4.88 Å². The predicted octanol–water partition coefficient (Wildman–Crippen LogP) is 4.32. The van der Waals surface area contributed by atoms with E-state index in [4.69, 9.17) is 17.3 Å². The fraction of sp³-hybridized carbons (Fsp3) is 0.636. The molecule has 0 saturated heterocycles. The van der Waals surface area contributed by atoms with Gasteiger partial charge in [0.25, 0.3) is 0 Å². The average Bonchev–Trinajstić information content (AvgIpc) is 2.59. The van der Waals surface area contributed by atoms with E-state index >= 15 is 0 Å². The zero-order valence-electron chi connectivity index (χ0n) is 9.37. The van der Waals surface area contributed by atoms with E-state index in [0.29, 0.717) is 10.5 Å². The fourth-order valence-corrected chi connectivity index (χ4v) is 3.99. The lowest BCUT2D eigenvalue weighted by molar-refractivity contribution is 0.638. The molecule has 4 heteroatoms. The minimum atomic E-state index is 0.215. The minimum absolute atomic E-state index is 0.215. The number of hydrogen-bond acceptors (Lipinski definition) is 3. The molecule has 1 aromatic rings. The van der Waals surface area contributed by atoms with Crippen LogP contribution in [0.25, 0.3) is 0 Å². The first kappa shape index (κ1) is 13.4. The van der Waals surface area contributed by atoms with Gasteiger partial charge < -0.3 is 5.73 Å². The van der Waals surface area contributed by atoms with E-state index in [1.807, 2.05) is 17.8 Å². The van der Waals surface area contributed by atoms with Crippen LogP contribution in [0.2, 0.25) is 4.34 Å². The average molecular weight is 264 g/mol. The largest absolute Gasteiger partial charge is 0.326 e. The van der Waals surface area contributed by atoms with E-state index in [0.717, 1.165) is 10.8 Å². The SMILES string of the molecule is CCC(N)C(SC(C)C)c1ccc(Cl)s1. The summed E-state index contributed by atoms with van der Waals surface area (Å²) in [7, 11) is 0. The third kappa shape index (κ3) is 3.99. The molecule has 0 aromatic carbocycles. The molecule has 1 aromatic heterocycles. The summed E-state index contributed by atoms with van der Waals surface area (Å²) < 4.78 is 0.850. The molecule has 0 radical (unpaired) electrons. The molecular weight excluding hydrogens is 246 g/mol. The van der Waals surface area contributed by atoms with Crippen LogP contribution < -0.4 is 5.73 Å². The lowest BCUT2D eigenvalue weighted by Crippen LogP contribution is -2.26. The van der Waals surface area contributed by atoms with Gasteiger partial charge in [-0.3, -0.25) is 0 Å². The van der Waals surface area contributed by atoms with E-state index < -0.39 is 0 Å². The van der Waals surface area contributed by atoms with Gasteiger partial charge in [-0.2, -0.15) is 0 Å². The lowest BCUT2D eigenvalue weighted by atomic mass is 10.1. The first-order valence-corrected chi connectivity index (χ1v) is 7.34. The van der Waals surface area contributed by atoms with Crippen molar-refractivity contribution in [2.45, 2.75) is 43.7 Å². The Bertz CT molecular complexity index is 299. The van der Waals surface area contributed by atoms with Gasteiger partial charge in [-0.25, -0.2) is 0 Å². The highest BCUT2D eigenvalue weighted by atomic mass is 35.5. The van der Waals surface area contributed by atoms with Crippen molar-refractivity contribution in [1.29, 1.82) is 0 Å². The van der Waals surface area contributed by atoms with E-state index in [-0.39, 0.29) is 6.04 Å². The van der Waals surface area contributed by atoms with E-state index in [1.54, 1.807) is 11.3 Å². The number of halogens is 1. The molecule has 1 nitrogen and oxygen atoms in total. The Morgan fingerprint density at radius 1 is 1.47 bits per heavy atom. The number of nitrogens with two attached hydrogens (primary N) is 1. The van der Waals surface area contributed by atoms with Crippen LogP contribution in [0.5, 0.6) is 0 Å². The standard InChI is InChI=1S/C11H18ClNS2/c1-4-8(13)11(14-7(2)3)9-5-6-10(12)15-9/h5-8,11H,4,13H2,1-3H3. The van der Waals surface area contributed by atoms with Crippen molar-refractivity contribution in [2.24, 2.45) is 5.73 Å². The van der Waals surface area contributed by atoms with Crippen molar-refractivity contribution >= 4 is 34.7 Å². The van der Waals surface area contributed by atoms with Crippen molar-refractivity contribution in [3.05, 3.63) is 21.3 Å². The Labute approximate surface area is 105 Å². The van der Waals surface area contributed by atoms with Crippen LogP contribution in [0.3, 0.4) is 0 Å². The second-order valence-electron chi connectivity index (χ2n) is 3.82. The monoisotopic (exact) mass is 263 g/mol. The third-order valence-electron chi connectivity index (χ3n) is 2.15. The quantitative estimate of drug-likeness (QED) is 0.856. The highest BCUT2D eigenvalue weighted by Gasteiger charge is 2.21. The summed E-state index contributed by atoms with van der Waals surface area (Å²) >= 11 is 9.53. The van der Waals surface area contributed by atoms with Crippen molar-refractivity contribution in [3.8, 4) is 0 Å². The first-order valence-electron chi connectivity index (χ1n) is 5.20. The molecule has 2 atom stereocenters. The molecule has 2 unspecified atom stereocenters. The zero-order valence-corrected chi connectivity index (χ0v) is 11.8. The summed E-state index contributed by atoms with van der Waals surface area (Å²) in [6.45, 7) is 6.54. The lowest BCUT2D eigenvalue weighted by Gasteiger charge is -2.23. The van der Waals surface area contributed by atoms with Gasteiger partial charge in [0.05, 0.1) is 9.59 Å². The second kappa shape index (κ2) is 6.14. The first-order chi connectivity index (χ1) is 7.04. The summed E-state index contributed by atoms with van der Waals surface area (Å²) in [6, 6.07) is 4.27. The second-order valence-corrected chi connectivity index (χ2v) is 7.29. The molecule has 0 aliphatic heterocycles. The molecule has 0 amide bonds. The van der Waals surface area contributed by atoms with Crippen molar-refractivity contribution in [3.63, 3.8) is 0 Å². The van der Waals surface area contributed by atoms with Gasteiger partial charge in [0.15, 0.2) is 0 Å². The van der Waals surface area contributed by atoms with Gasteiger partial charge in [-0.05, 0) is 23.8 Å². The minimum Gasteiger partial charge on any atom is -0.326 e. The molecule has 1 heterocycles. The van der Waals surface area contributed by atoms with Gasteiger partial charge in [0.1, 0.15) is 0 Å². The summed E-state index contributed by atoms with van der Waals surface area (Å²) in [6.07, 6.45) is 1.000. The van der Waals surface area contributed by atoms with Crippen LogP contribution in [0, 0.1) is 0 Å². The van der Waals surface area contributed by atoms with Gasteiger partial charge in [-0.15, -0.1) is 23.1 Å². The number of thiophene rings is 1. The highest BCUT2D eigenvalue weighted by molar-refractivity contribution is 8.00. The van der Waals surface area contributed by atoms with Crippen LogP contribution in [0.4, 0.5) is 0 Å². The third-order valence-corrected chi connectivity index (χ3v) is 5.06. The van der Waals surface area contributed by atoms with Gasteiger partial charge >= 0.3 is 0 Å². The van der Waals surface area contributed by atoms with Crippen molar-refractivity contribution in [2.75, 3.05) is 0 Å². The Hall–Kier alpha value is 0.300. The molecule has 0 saturated carbocycles. The van der Waals surface area contributed by atoms with Gasteiger partial charge in [0, 0.05) is 10.9 Å². The molecule has 0 spiro atoms. The molecule has 0 bridgehead atoms. The Balaban J connectivity index is 2.80. The maximum atomic E-state index is 6.15. The van der Waals surface area contributed by atoms with Crippen LogP contribution in [-0.4, -0.2) is 11.3 Å². The van der Waals surface area contributed by atoms with E-state index in [9.17, 15) is 0 Å². The molecule has 86 valence electrons. The Morgan fingerprint density at radius 2 is 2.13 bits per heavy atom. The van der Waals surface area contributed by atoms with Crippen LogP contribution >= 0.6 is 34.7 Å². The molecular formula is C11H18ClNS2. The summed E-state index contributed by atoms with van der Waals surface area (Å²) in [5.74, 6) is 0. The summed E-state index contributed by atoms with van der Waals surface area (Å²) in [4.78, 5) is 1.30. The summed E-state index contributed by atoms with van der Waals surface area (Å²) in [5.41, 5.74) is 6.15. The van der Waals surface area contributed by atoms with Crippen LogP contribution in [0.1, 0.15) is 37.3 Å². The Morgan fingerprint density at radius 3 is 2.53 bits per heavy atom. The van der Waals surface area contributed by atoms with Crippen LogP contribution in [0.15, 0.2) is 12.1 Å². The predicted molar refractivity (Wildman–Crippen MR) is 73.1 cm³/mol. The maximum absolute atomic E-state index is 6.15. The van der Waals surface area contributed by atoms with Crippen LogP contribution in [-0.2, 0) is 0 Å². The smallest absolute Gasteiger partial charge is 0.0931 e. The molecule has 0 fully saturated rings. The van der Waals surface area contributed by atoms with Crippen molar-refractivity contribution < 1.29 is 0 Å². The highest BCUT2D eigenvalue weighted by Crippen LogP contribution is 2.39. The fourth-order valence-electron chi connectivity index (χ4n) is 1.37. The molecule has 1 rings (SSSR count). The molecule has 2 N–H and O–H groups in total. The van der Waals surface area contributed by atoms with Gasteiger partial charge in [0.2, 0.25) is 0 Å². The van der Waals surface area contributed by atoms with E-state index in [2.05, 4.69) is 26.8 Å². The number of rotatable bonds is 5. The maximum Gasteiger partial charge on any atom is 0.0931 e. The van der Waals surface area contributed by atoms with Gasteiger partial charge in [-0.1, -0.05) is 32.4 Å².